The van der Waals surface area contributed by atoms with E-state index in [0.29, 0.717) is 5.69 Å². The largest absolute Gasteiger partial charge is 0.416 e. The van der Waals surface area contributed by atoms with Crippen LogP contribution in [0.4, 0.5) is 24.5 Å². The molecule has 0 bridgehead atoms. The molecule has 0 saturated heterocycles. The predicted octanol–water partition coefficient (Wildman–Crippen LogP) is 4.02. The van der Waals surface area contributed by atoms with Crippen LogP contribution in [0.15, 0.2) is 48.5 Å². The zero-order chi connectivity index (χ0) is 16.3. The van der Waals surface area contributed by atoms with Gasteiger partial charge in [0, 0.05) is 19.7 Å². The Labute approximate surface area is 126 Å². The van der Waals surface area contributed by atoms with Gasteiger partial charge in [0.25, 0.3) is 5.91 Å². The molecule has 0 aliphatic carbocycles. The summed E-state index contributed by atoms with van der Waals surface area (Å²) in [6.07, 6.45) is -4.47. The van der Waals surface area contributed by atoms with Gasteiger partial charge in [0.05, 0.1) is 16.9 Å². The van der Waals surface area contributed by atoms with Crippen molar-refractivity contribution in [2.75, 3.05) is 24.3 Å². The molecule has 0 saturated carbocycles. The molecule has 0 aliphatic rings. The van der Waals surface area contributed by atoms with Crippen LogP contribution < -0.4 is 10.2 Å². The van der Waals surface area contributed by atoms with Crippen molar-refractivity contribution in [3.05, 3.63) is 59.7 Å². The lowest BCUT2D eigenvalue weighted by Crippen LogP contribution is -2.17. The summed E-state index contributed by atoms with van der Waals surface area (Å²) in [6, 6.07) is 11.4. The van der Waals surface area contributed by atoms with Crippen LogP contribution >= 0.6 is 0 Å². The van der Waals surface area contributed by atoms with E-state index < -0.39 is 17.6 Å². The van der Waals surface area contributed by atoms with Gasteiger partial charge in [0.2, 0.25) is 0 Å². The minimum absolute atomic E-state index is 0.0385. The van der Waals surface area contributed by atoms with Crippen LogP contribution in [0, 0.1) is 0 Å². The Hall–Kier alpha value is -2.50. The van der Waals surface area contributed by atoms with Crippen LogP contribution in [0.2, 0.25) is 0 Å². The first-order valence-corrected chi connectivity index (χ1v) is 6.54. The standard InChI is InChI=1S/C16H15F3N2O/c1-21(2)14-9-4-3-8-13(14)20-15(22)11-6-5-7-12(10-11)16(17,18)19/h3-10H,1-2H3,(H,20,22). The van der Waals surface area contributed by atoms with Gasteiger partial charge in [0.15, 0.2) is 0 Å². The van der Waals surface area contributed by atoms with Gasteiger partial charge in [-0.25, -0.2) is 0 Å². The van der Waals surface area contributed by atoms with Crippen LogP contribution in [0.1, 0.15) is 15.9 Å². The Bertz CT molecular complexity index is 681. The van der Waals surface area contributed by atoms with E-state index in [1.54, 1.807) is 12.1 Å². The highest BCUT2D eigenvalue weighted by Gasteiger charge is 2.30. The lowest BCUT2D eigenvalue weighted by atomic mass is 10.1. The zero-order valence-electron chi connectivity index (χ0n) is 12.1. The molecule has 2 aromatic rings. The number of carbonyl (C=O) groups excluding carboxylic acids is 1. The van der Waals surface area contributed by atoms with E-state index in [9.17, 15) is 18.0 Å². The number of nitrogens with one attached hydrogen (secondary N) is 1. The summed E-state index contributed by atoms with van der Waals surface area (Å²) in [5, 5.41) is 2.64. The van der Waals surface area contributed by atoms with Gasteiger partial charge in [0.1, 0.15) is 0 Å². The van der Waals surface area contributed by atoms with Crippen molar-refractivity contribution in [3.8, 4) is 0 Å². The second kappa shape index (κ2) is 6.09. The number of hydrogen-bond donors (Lipinski definition) is 1. The quantitative estimate of drug-likeness (QED) is 0.928. The van der Waals surface area contributed by atoms with Crippen LogP contribution in [-0.4, -0.2) is 20.0 Å². The molecule has 6 heteroatoms. The summed E-state index contributed by atoms with van der Waals surface area (Å²) < 4.78 is 38.1. The third-order valence-electron chi connectivity index (χ3n) is 3.09. The second-order valence-electron chi connectivity index (χ2n) is 4.94. The fourth-order valence-electron chi connectivity index (χ4n) is 2.00. The Kier molecular flexibility index (Phi) is 4.40. The molecule has 22 heavy (non-hydrogen) atoms. The summed E-state index contributed by atoms with van der Waals surface area (Å²) >= 11 is 0. The highest BCUT2D eigenvalue weighted by Crippen LogP contribution is 2.30. The van der Waals surface area contributed by atoms with Crippen LogP contribution in [0.25, 0.3) is 0 Å². The normalized spacial score (nSPS) is 11.1. The van der Waals surface area contributed by atoms with E-state index in [1.165, 1.54) is 12.1 Å². The van der Waals surface area contributed by atoms with Crippen LogP contribution in [0.5, 0.6) is 0 Å². The van der Waals surface area contributed by atoms with E-state index in [0.717, 1.165) is 17.8 Å². The van der Waals surface area contributed by atoms with Gasteiger partial charge in [-0.2, -0.15) is 13.2 Å². The van der Waals surface area contributed by atoms with Crippen molar-refractivity contribution >= 4 is 17.3 Å². The molecule has 0 fully saturated rings. The van der Waals surface area contributed by atoms with Crippen LogP contribution in [0.3, 0.4) is 0 Å². The monoisotopic (exact) mass is 308 g/mol. The van der Waals surface area contributed by atoms with E-state index in [2.05, 4.69) is 5.32 Å². The maximum Gasteiger partial charge on any atom is 0.416 e. The summed E-state index contributed by atoms with van der Waals surface area (Å²) in [5.74, 6) is -0.583. The number of alkyl halides is 3. The Morgan fingerprint density at radius 2 is 1.73 bits per heavy atom. The van der Waals surface area contributed by atoms with Crippen molar-refractivity contribution in [1.29, 1.82) is 0 Å². The summed E-state index contributed by atoms with van der Waals surface area (Å²) in [6.45, 7) is 0. The molecule has 0 aromatic heterocycles. The summed E-state index contributed by atoms with van der Waals surface area (Å²) in [4.78, 5) is 14.0. The van der Waals surface area contributed by atoms with Crippen molar-refractivity contribution < 1.29 is 18.0 Å². The number of halogens is 3. The molecule has 0 radical (unpaired) electrons. The van der Waals surface area contributed by atoms with E-state index in [4.69, 9.17) is 0 Å². The van der Waals surface area contributed by atoms with Crippen molar-refractivity contribution in [2.24, 2.45) is 0 Å². The second-order valence-corrected chi connectivity index (χ2v) is 4.94. The van der Waals surface area contributed by atoms with Gasteiger partial charge >= 0.3 is 6.18 Å². The van der Waals surface area contributed by atoms with E-state index >= 15 is 0 Å². The maximum atomic E-state index is 12.7. The molecule has 0 heterocycles. The van der Waals surface area contributed by atoms with Gasteiger partial charge in [-0.05, 0) is 30.3 Å². The number of nitrogens with zero attached hydrogens (tertiary/aromatic N) is 1. The number of benzene rings is 2. The molecule has 3 nitrogen and oxygen atoms in total. The third kappa shape index (κ3) is 3.58. The molecule has 2 aromatic carbocycles. The molecule has 116 valence electrons. The fraction of sp³-hybridized carbons (Fsp3) is 0.188. The van der Waals surface area contributed by atoms with Crippen molar-refractivity contribution in [3.63, 3.8) is 0 Å². The summed E-state index contributed by atoms with van der Waals surface area (Å²) in [5.41, 5.74) is 0.419. The first-order chi connectivity index (χ1) is 10.3. The lowest BCUT2D eigenvalue weighted by molar-refractivity contribution is -0.137. The van der Waals surface area contributed by atoms with Crippen LogP contribution in [-0.2, 0) is 6.18 Å². The van der Waals surface area contributed by atoms with Gasteiger partial charge in [-0.1, -0.05) is 18.2 Å². The zero-order valence-corrected chi connectivity index (χ0v) is 12.1. The topological polar surface area (TPSA) is 32.3 Å². The molecule has 0 aliphatic heterocycles. The average Bonchev–Trinajstić information content (AvgIpc) is 2.47. The maximum absolute atomic E-state index is 12.7. The number of rotatable bonds is 3. The van der Waals surface area contributed by atoms with E-state index in [-0.39, 0.29) is 5.56 Å². The molecule has 1 N–H and O–H groups in total. The molecular weight excluding hydrogens is 293 g/mol. The molecule has 0 unspecified atom stereocenters. The minimum Gasteiger partial charge on any atom is -0.376 e. The molecular formula is C16H15F3N2O. The first-order valence-electron chi connectivity index (χ1n) is 6.54. The summed E-state index contributed by atoms with van der Waals surface area (Å²) in [7, 11) is 3.63. The Morgan fingerprint density at radius 1 is 1.05 bits per heavy atom. The average molecular weight is 308 g/mol. The Morgan fingerprint density at radius 3 is 2.36 bits per heavy atom. The highest BCUT2D eigenvalue weighted by atomic mass is 19.4. The number of amides is 1. The lowest BCUT2D eigenvalue weighted by Gasteiger charge is -2.18. The number of para-hydroxylation sites is 2. The van der Waals surface area contributed by atoms with Gasteiger partial charge < -0.3 is 10.2 Å². The predicted molar refractivity (Wildman–Crippen MR) is 80.2 cm³/mol. The number of anilines is 2. The molecule has 0 spiro atoms. The molecule has 1 amide bonds. The Balaban J connectivity index is 2.27. The smallest absolute Gasteiger partial charge is 0.376 e. The van der Waals surface area contributed by atoms with Gasteiger partial charge in [-0.15, -0.1) is 0 Å². The van der Waals surface area contributed by atoms with E-state index in [1.807, 2.05) is 31.1 Å². The van der Waals surface area contributed by atoms with Crippen molar-refractivity contribution in [1.82, 2.24) is 0 Å². The third-order valence-corrected chi connectivity index (χ3v) is 3.09. The minimum atomic E-state index is -4.47. The fourth-order valence-corrected chi connectivity index (χ4v) is 2.00. The number of hydrogen-bond acceptors (Lipinski definition) is 2. The highest BCUT2D eigenvalue weighted by molar-refractivity contribution is 6.06. The SMILES string of the molecule is CN(C)c1ccccc1NC(=O)c1cccc(C(F)(F)F)c1. The molecule has 2 rings (SSSR count). The van der Waals surface area contributed by atoms with Crippen molar-refractivity contribution in [2.45, 2.75) is 6.18 Å². The first kappa shape index (κ1) is 15.9. The molecule has 0 atom stereocenters. The van der Waals surface area contributed by atoms with Gasteiger partial charge in [-0.3, -0.25) is 4.79 Å². The number of carbonyl (C=O) groups is 1.